The third-order valence-electron chi connectivity index (χ3n) is 6.29. The molecule has 0 fully saturated rings. The minimum absolute atomic E-state index is 0.147. The molecular formula is C28H38N4O8S. The van der Waals surface area contributed by atoms with Gasteiger partial charge in [0.05, 0.1) is 30.1 Å². The summed E-state index contributed by atoms with van der Waals surface area (Å²) in [5, 5.41) is 27.0. The molecule has 1 heterocycles. The van der Waals surface area contributed by atoms with E-state index in [1.165, 1.54) is 17.4 Å². The Kier molecular flexibility index (Phi) is 13.8. The van der Waals surface area contributed by atoms with E-state index in [-0.39, 0.29) is 18.1 Å². The van der Waals surface area contributed by atoms with Gasteiger partial charge in [-0.1, -0.05) is 33.1 Å². The Morgan fingerprint density at radius 3 is 2.41 bits per heavy atom. The van der Waals surface area contributed by atoms with Gasteiger partial charge in [-0.3, -0.25) is 29.2 Å². The molecular weight excluding hydrogens is 552 g/mol. The van der Waals surface area contributed by atoms with Crippen molar-refractivity contribution in [3.05, 3.63) is 40.8 Å². The zero-order valence-corrected chi connectivity index (χ0v) is 24.3. The number of amides is 4. The molecule has 2 rings (SSSR count). The van der Waals surface area contributed by atoms with Gasteiger partial charge in [0.15, 0.2) is 0 Å². The molecule has 1 aromatic carbocycles. The first-order chi connectivity index (χ1) is 19.6. The summed E-state index contributed by atoms with van der Waals surface area (Å²) < 4.78 is 5.56. The van der Waals surface area contributed by atoms with E-state index in [0.29, 0.717) is 52.0 Å². The van der Waals surface area contributed by atoms with E-state index in [2.05, 4.69) is 16.0 Å². The van der Waals surface area contributed by atoms with Crippen LogP contribution in [0.3, 0.4) is 0 Å². The molecule has 0 spiro atoms. The maximum Gasteiger partial charge on any atom is 0.322 e. The molecule has 5 N–H and O–H groups in total. The quantitative estimate of drug-likeness (QED) is 0.0578. The van der Waals surface area contributed by atoms with Gasteiger partial charge >= 0.3 is 5.97 Å². The molecule has 41 heavy (non-hydrogen) atoms. The van der Waals surface area contributed by atoms with Crippen molar-refractivity contribution in [2.75, 3.05) is 19.8 Å². The Hall–Kier alpha value is -3.97. The van der Waals surface area contributed by atoms with Crippen molar-refractivity contribution in [2.45, 2.75) is 58.9 Å². The number of ether oxygens (including phenoxy) is 1. The molecule has 0 bridgehead atoms. The van der Waals surface area contributed by atoms with Crippen LogP contribution in [0.1, 0.15) is 72.9 Å². The summed E-state index contributed by atoms with van der Waals surface area (Å²) in [7, 11) is 0. The lowest BCUT2D eigenvalue weighted by Crippen LogP contribution is -2.47. The molecule has 0 aliphatic rings. The predicted octanol–water partition coefficient (Wildman–Crippen LogP) is 3.25. The standard InChI is InChI=1S/C28H38N4O8S/c1-4-7-8-9-21(22(5-2)32(39)17-33)27(37)30-16-31-28(38)24-11-10-23(41-24)18-12-19(14-20(13-18)40-6-3)26(36)29-15-25(34)35/h10-14,17,21-22,39H,4-9,15-16H2,1-3H3,(H,29,36)(H,30,37)(H,31,38)(H,34,35). The smallest absolute Gasteiger partial charge is 0.322 e. The van der Waals surface area contributed by atoms with Crippen molar-refractivity contribution in [2.24, 2.45) is 5.92 Å². The van der Waals surface area contributed by atoms with E-state index in [1.807, 2.05) is 6.92 Å². The van der Waals surface area contributed by atoms with Crippen molar-refractivity contribution < 1.29 is 39.0 Å². The number of thiophene rings is 1. The molecule has 0 aliphatic heterocycles. The monoisotopic (exact) mass is 590 g/mol. The van der Waals surface area contributed by atoms with Gasteiger partial charge in [-0.15, -0.1) is 11.3 Å². The SMILES string of the molecule is CCCCCC(C(=O)NCNC(=O)c1ccc(-c2cc(OCC)cc(C(=O)NCC(=O)O)c2)s1)C(CC)N(O)C=O. The van der Waals surface area contributed by atoms with E-state index < -0.39 is 36.3 Å². The summed E-state index contributed by atoms with van der Waals surface area (Å²) in [6.45, 7) is 5.29. The van der Waals surface area contributed by atoms with Crippen LogP contribution in [0.4, 0.5) is 0 Å². The number of nitrogens with one attached hydrogen (secondary N) is 3. The minimum atomic E-state index is -1.17. The number of nitrogens with zero attached hydrogens (tertiary/aromatic N) is 1. The summed E-state index contributed by atoms with van der Waals surface area (Å²) in [4.78, 5) is 61.2. The lowest BCUT2D eigenvalue weighted by atomic mass is 9.90. The van der Waals surface area contributed by atoms with Crippen LogP contribution in [0, 0.1) is 5.92 Å². The molecule has 0 saturated carbocycles. The van der Waals surface area contributed by atoms with Crippen LogP contribution in [0.2, 0.25) is 0 Å². The Bertz CT molecular complexity index is 1200. The summed E-state index contributed by atoms with van der Waals surface area (Å²) in [6.07, 6.45) is 3.79. The first-order valence-electron chi connectivity index (χ1n) is 13.5. The molecule has 2 atom stereocenters. The van der Waals surface area contributed by atoms with Crippen molar-refractivity contribution in [1.82, 2.24) is 21.0 Å². The number of unbranched alkanes of at least 4 members (excludes halogenated alkanes) is 2. The largest absolute Gasteiger partial charge is 0.494 e. The van der Waals surface area contributed by atoms with Gasteiger partial charge in [-0.05, 0) is 55.7 Å². The molecule has 4 amide bonds. The lowest BCUT2D eigenvalue weighted by molar-refractivity contribution is -0.168. The highest BCUT2D eigenvalue weighted by Gasteiger charge is 2.30. The van der Waals surface area contributed by atoms with Gasteiger partial charge in [0.1, 0.15) is 12.3 Å². The fourth-order valence-corrected chi connectivity index (χ4v) is 5.18. The third-order valence-corrected chi connectivity index (χ3v) is 7.42. The van der Waals surface area contributed by atoms with Crippen LogP contribution in [0.15, 0.2) is 30.3 Å². The topological polar surface area (TPSA) is 174 Å². The maximum absolute atomic E-state index is 12.9. The lowest BCUT2D eigenvalue weighted by Gasteiger charge is -2.29. The van der Waals surface area contributed by atoms with Gasteiger partial charge in [-0.2, -0.15) is 0 Å². The van der Waals surface area contributed by atoms with Gasteiger partial charge in [0, 0.05) is 10.4 Å². The minimum Gasteiger partial charge on any atom is -0.494 e. The van der Waals surface area contributed by atoms with Gasteiger partial charge in [0.25, 0.3) is 11.8 Å². The van der Waals surface area contributed by atoms with Crippen molar-refractivity contribution in [1.29, 1.82) is 0 Å². The van der Waals surface area contributed by atoms with Crippen molar-refractivity contribution in [3.8, 4) is 16.2 Å². The van der Waals surface area contributed by atoms with Crippen LogP contribution in [0.25, 0.3) is 10.4 Å². The second-order valence-electron chi connectivity index (χ2n) is 9.21. The predicted molar refractivity (Wildman–Crippen MR) is 153 cm³/mol. The fourth-order valence-electron chi connectivity index (χ4n) is 4.27. The molecule has 2 unspecified atom stereocenters. The summed E-state index contributed by atoms with van der Waals surface area (Å²) >= 11 is 1.17. The molecule has 0 radical (unpaired) electrons. The second-order valence-corrected chi connectivity index (χ2v) is 10.3. The number of carboxylic acids is 1. The van der Waals surface area contributed by atoms with Crippen LogP contribution in [-0.2, 0) is 14.4 Å². The molecule has 224 valence electrons. The number of benzene rings is 1. The number of carbonyl (C=O) groups is 5. The Morgan fingerprint density at radius 2 is 1.78 bits per heavy atom. The third kappa shape index (κ3) is 10.2. The molecule has 12 nitrogen and oxygen atoms in total. The zero-order valence-electron chi connectivity index (χ0n) is 23.5. The number of hydrogen-bond acceptors (Lipinski definition) is 8. The molecule has 1 aromatic heterocycles. The highest BCUT2D eigenvalue weighted by molar-refractivity contribution is 7.17. The number of carboxylic acid groups (broad SMARTS) is 1. The highest BCUT2D eigenvalue weighted by Crippen LogP contribution is 2.32. The normalized spacial score (nSPS) is 12.1. The summed E-state index contributed by atoms with van der Waals surface area (Å²) in [6, 6.07) is 7.47. The molecule has 2 aromatic rings. The van der Waals surface area contributed by atoms with Gasteiger partial charge in [-0.25, -0.2) is 5.06 Å². The first-order valence-corrected chi connectivity index (χ1v) is 14.3. The van der Waals surface area contributed by atoms with E-state index in [0.717, 1.165) is 19.3 Å². The number of aliphatic carboxylic acids is 1. The van der Waals surface area contributed by atoms with Crippen LogP contribution < -0.4 is 20.7 Å². The van der Waals surface area contributed by atoms with E-state index in [9.17, 15) is 29.2 Å². The van der Waals surface area contributed by atoms with E-state index in [4.69, 9.17) is 9.84 Å². The average molecular weight is 591 g/mol. The van der Waals surface area contributed by atoms with Crippen molar-refractivity contribution >= 4 is 41.4 Å². The van der Waals surface area contributed by atoms with Gasteiger partial charge < -0.3 is 25.8 Å². The second kappa shape index (κ2) is 17.0. The highest BCUT2D eigenvalue weighted by atomic mass is 32.1. The molecule has 0 saturated heterocycles. The molecule has 13 heteroatoms. The average Bonchev–Trinajstić information content (AvgIpc) is 3.46. The van der Waals surface area contributed by atoms with Crippen LogP contribution in [0.5, 0.6) is 5.75 Å². The van der Waals surface area contributed by atoms with Gasteiger partial charge in [0.2, 0.25) is 12.3 Å². The van der Waals surface area contributed by atoms with Crippen molar-refractivity contribution in [3.63, 3.8) is 0 Å². The molecule has 0 aliphatic carbocycles. The summed E-state index contributed by atoms with van der Waals surface area (Å²) in [5.41, 5.74) is 0.822. The maximum atomic E-state index is 12.9. The van der Waals surface area contributed by atoms with Crippen LogP contribution in [-0.4, -0.2) is 71.3 Å². The summed E-state index contributed by atoms with van der Waals surface area (Å²) in [5.74, 6) is -2.75. The first kappa shape index (κ1) is 33.2. The number of hydroxylamine groups is 2. The zero-order chi connectivity index (χ0) is 30.4. The van der Waals surface area contributed by atoms with E-state index >= 15 is 0 Å². The van der Waals surface area contributed by atoms with Crippen LogP contribution >= 0.6 is 11.3 Å². The Labute approximate surface area is 243 Å². The number of rotatable bonds is 18. The van der Waals surface area contributed by atoms with E-state index in [1.54, 1.807) is 38.1 Å². The fraction of sp³-hybridized carbons (Fsp3) is 0.464. The Morgan fingerprint density at radius 1 is 1.02 bits per heavy atom. The number of carbonyl (C=O) groups excluding carboxylic acids is 4. The number of hydrogen-bond donors (Lipinski definition) is 5. The Balaban J connectivity index is 2.10.